The van der Waals surface area contributed by atoms with Crippen LogP contribution in [0.25, 0.3) is 0 Å². The van der Waals surface area contributed by atoms with Gasteiger partial charge in [0.15, 0.2) is 0 Å². The summed E-state index contributed by atoms with van der Waals surface area (Å²) in [7, 11) is 0.450. The highest BCUT2D eigenvalue weighted by molar-refractivity contribution is 7.84. The molecule has 1 aliphatic carbocycles. The molecule has 6 heteroatoms. The Kier molecular flexibility index (Phi) is 4.17. The number of aromatic nitrogens is 1. The van der Waals surface area contributed by atoms with E-state index in [1.54, 1.807) is 11.3 Å². The Morgan fingerprint density at radius 2 is 2.33 bits per heavy atom. The smallest absolute Gasteiger partial charge is 0.306 e. The molecule has 0 spiro atoms. The summed E-state index contributed by atoms with van der Waals surface area (Å²) < 4.78 is 16.8. The standard InChI is InChI=1S/C12H17NO3S2/c1-9-13-10(6-17-9)7-18(15)8-12(3-4-12)5-11(14)16-2/h6H,3-5,7-8H2,1-2H3. The van der Waals surface area contributed by atoms with Gasteiger partial charge in [0.05, 0.1) is 30.0 Å². The SMILES string of the molecule is COC(=O)CC1(CS(=O)Cc2csc(C)n2)CC1. The summed E-state index contributed by atoms with van der Waals surface area (Å²) in [4.78, 5) is 15.6. The van der Waals surface area contributed by atoms with E-state index >= 15 is 0 Å². The van der Waals surface area contributed by atoms with E-state index < -0.39 is 10.8 Å². The largest absolute Gasteiger partial charge is 0.469 e. The quantitative estimate of drug-likeness (QED) is 0.751. The Morgan fingerprint density at radius 1 is 1.61 bits per heavy atom. The van der Waals surface area contributed by atoms with Crippen LogP contribution < -0.4 is 0 Å². The van der Waals surface area contributed by atoms with Gasteiger partial charge in [-0.25, -0.2) is 4.98 Å². The first-order valence-electron chi connectivity index (χ1n) is 5.86. The van der Waals surface area contributed by atoms with Crippen molar-refractivity contribution in [3.8, 4) is 0 Å². The predicted molar refractivity (Wildman–Crippen MR) is 71.9 cm³/mol. The van der Waals surface area contributed by atoms with Crippen molar-refractivity contribution in [3.05, 3.63) is 16.1 Å². The maximum absolute atomic E-state index is 12.1. The van der Waals surface area contributed by atoms with Gasteiger partial charge in [-0.2, -0.15) is 0 Å². The van der Waals surface area contributed by atoms with Gasteiger partial charge in [-0.1, -0.05) is 0 Å². The van der Waals surface area contributed by atoms with Gasteiger partial charge in [0.2, 0.25) is 0 Å². The summed E-state index contributed by atoms with van der Waals surface area (Å²) in [5.74, 6) is 0.875. The number of hydrogen-bond donors (Lipinski definition) is 0. The number of aryl methyl sites for hydroxylation is 1. The van der Waals surface area contributed by atoms with Crippen molar-refractivity contribution in [2.75, 3.05) is 12.9 Å². The number of ether oxygens (including phenoxy) is 1. The number of esters is 1. The molecule has 0 N–H and O–H groups in total. The number of hydrogen-bond acceptors (Lipinski definition) is 5. The lowest BCUT2D eigenvalue weighted by molar-refractivity contribution is -0.141. The van der Waals surface area contributed by atoms with E-state index in [2.05, 4.69) is 9.72 Å². The van der Waals surface area contributed by atoms with Crippen molar-refractivity contribution in [1.82, 2.24) is 4.98 Å². The van der Waals surface area contributed by atoms with Crippen molar-refractivity contribution in [1.29, 1.82) is 0 Å². The van der Waals surface area contributed by atoms with Gasteiger partial charge in [0, 0.05) is 21.9 Å². The van der Waals surface area contributed by atoms with Crippen LogP contribution in [0.5, 0.6) is 0 Å². The molecule has 1 unspecified atom stereocenters. The van der Waals surface area contributed by atoms with Crippen LogP contribution in [0.4, 0.5) is 0 Å². The molecule has 4 nitrogen and oxygen atoms in total. The maximum atomic E-state index is 12.1. The van der Waals surface area contributed by atoms with Crippen LogP contribution >= 0.6 is 11.3 Å². The Balaban J connectivity index is 1.86. The molecule has 0 saturated heterocycles. The second kappa shape index (κ2) is 5.48. The first-order chi connectivity index (χ1) is 8.53. The fourth-order valence-electron chi connectivity index (χ4n) is 1.96. The van der Waals surface area contributed by atoms with E-state index in [9.17, 15) is 9.00 Å². The molecular weight excluding hydrogens is 270 g/mol. The minimum atomic E-state index is -0.947. The number of thiazole rings is 1. The number of carbonyl (C=O) groups is 1. The first kappa shape index (κ1) is 13.7. The summed E-state index contributed by atoms with van der Waals surface area (Å²) in [6, 6.07) is 0. The van der Waals surface area contributed by atoms with Gasteiger partial charge >= 0.3 is 5.97 Å². The third-order valence-electron chi connectivity index (χ3n) is 3.15. The molecule has 0 amide bonds. The fourth-order valence-corrected chi connectivity index (χ4v) is 4.33. The van der Waals surface area contributed by atoms with Gasteiger partial charge in [-0.3, -0.25) is 9.00 Å². The Hall–Kier alpha value is -0.750. The molecule has 1 heterocycles. The molecule has 100 valence electrons. The summed E-state index contributed by atoms with van der Waals surface area (Å²) in [5.41, 5.74) is 0.827. The molecule has 1 atom stereocenters. The summed E-state index contributed by atoms with van der Waals surface area (Å²) in [6.45, 7) is 1.94. The van der Waals surface area contributed by atoms with Crippen molar-refractivity contribution in [2.24, 2.45) is 5.41 Å². The molecule has 0 bridgehead atoms. The third kappa shape index (κ3) is 3.62. The summed E-state index contributed by atoms with van der Waals surface area (Å²) >= 11 is 1.57. The zero-order valence-electron chi connectivity index (χ0n) is 10.6. The van der Waals surface area contributed by atoms with Crippen LogP contribution in [0.3, 0.4) is 0 Å². The van der Waals surface area contributed by atoms with E-state index in [4.69, 9.17) is 0 Å². The molecule has 1 saturated carbocycles. The third-order valence-corrected chi connectivity index (χ3v) is 5.52. The van der Waals surface area contributed by atoms with Gasteiger partial charge in [0.25, 0.3) is 0 Å². The highest BCUT2D eigenvalue weighted by Gasteiger charge is 2.45. The monoisotopic (exact) mass is 287 g/mol. The average molecular weight is 287 g/mol. The average Bonchev–Trinajstić information content (AvgIpc) is 2.92. The lowest BCUT2D eigenvalue weighted by Gasteiger charge is -2.12. The summed E-state index contributed by atoms with van der Waals surface area (Å²) in [5, 5.41) is 2.95. The van der Waals surface area contributed by atoms with Crippen LogP contribution in [-0.4, -0.2) is 28.0 Å². The molecule has 0 aromatic carbocycles. The summed E-state index contributed by atoms with van der Waals surface area (Å²) in [6.07, 6.45) is 2.35. The van der Waals surface area contributed by atoms with E-state index in [-0.39, 0.29) is 11.4 Å². The van der Waals surface area contributed by atoms with Gasteiger partial charge in [0.1, 0.15) is 0 Å². The number of nitrogens with zero attached hydrogens (tertiary/aromatic N) is 1. The van der Waals surface area contributed by atoms with Crippen molar-refractivity contribution >= 4 is 28.1 Å². The second-order valence-corrected chi connectivity index (χ2v) is 7.36. The van der Waals surface area contributed by atoms with E-state index in [1.807, 2.05) is 12.3 Å². The molecule has 1 aliphatic rings. The lowest BCUT2D eigenvalue weighted by Crippen LogP contribution is -2.18. The van der Waals surface area contributed by atoms with Crippen LogP contribution in [-0.2, 0) is 26.1 Å². The molecule has 1 fully saturated rings. The van der Waals surface area contributed by atoms with Crippen molar-refractivity contribution in [3.63, 3.8) is 0 Å². The lowest BCUT2D eigenvalue weighted by atomic mass is 10.1. The maximum Gasteiger partial charge on any atom is 0.306 e. The van der Waals surface area contributed by atoms with E-state index in [0.717, 1.165) is 23.5 Å². The fraction of sp³-hybridized carbons (Fsp3) is 0.667. The zero-order valence-corrected chi connectivity index (χ0v) is 12.2. The first-order valence-corrected chi connectivity index (χ1v) is 8.23. The molecule has 18 heavy (non-hydrogen) atoms. The molecule has 1 aromatic heterocycles. The van der Waals surface area contributed by atoms with Crippen molar-refractivity contribution in [2.45, 2.75) is 31.9 Å². The molecule has 2 rings (SSSR count). The van der Waals surface area contributed by atoms with Crippen LogP contribution in [0, 0.1) is 12.3 Å². The zero-order chi connectivity index (χ0) is 13.2. The topological polar surface area (TPSA) is 56.3 Å². The second-order valence-electron chi connectivity index (χ2n) is 4.84. The Morgan fingerprint density at radius 3 is 2.83 bits per heavy atom. The van der Waals surface area contributed by atoms with Crippen LogP contribution in [0.2, 0.25) is 0 Å². The highest BCUT2D eigenvalue weighted by atomic mass is 32.2. The van der Waals surface area contributed by atoms with Gasteiger partial charge < -0.3 is 4.74 Å². The number of rotatable bonds is 6. The predicted octanol–water partition coefficient (Wildman–Crippen LogP) is 2.04. The van der Waals surface area contributed by atoms with Crippen LogP contribution in [0.15, 0.2) is 5.38 Å². The minimum Gasteiger partial charge on any atom is -0.469 e. The molecular formula is C12H17NO3S2. The van der Waals surface area contributed by atoms with Gasteiger partial charge in [-0.05, 0) is 25.2 Å². The number of carbonyl (C=O) groups excluding carboxylic acids is 1. The number of methoxy groups -OCH3 is 1. The molecule has 0 radical (unpaired) electrons. The van der Waals surface area contributed by atoms with Crippen molar-refractivity contribution < 1.29 is 13.7 Å². The van der Waals surface area contributed by atoms with Crippen LogP contribution in [0.1, 0.15) is 30.0 Å². The van der Waals surface area contributed by atoms with E-state index in [0.29, 0.717) is 17.9 Å². The molecule has 1 aromatic rings. The Labute approximate surface area is 113 Å². The highest BCUT2D eigenvalue weighted by Crippen LogP contribution is 2.49. The molecule has 0 aliphatic heterocycles. The normalized spacial score (nSPS) is 18.3. The van der Waals surface area contributed by atoms with E-state index in [1.165, 1.54) is 7.11 Å². The van der Waals surface area contributed by atoms with Gasteiger partial charge in [-0.15, -0.1) is 11.3 Å². The Bertz CT molecular complexity index is 466. The minimum absolute atomic E-state index is 0.0664.